The van der Waals surface area contributed by atoms with Crippen LogP contribution >= 0.6 is 11.3 Å². The highest BCUT2D eigenvalue weighted by atomic mass is 32.1. The molecule has 0 radical (unpaired) electrons. The molecule has 1 aromatic carbocycles. The van der Waals surface area contributed by atoms with Gasteiger partial charge in [-0.25, -0.2) is 19.9 Å². The molecule has 0 spiro atoms. The van der Waals surface area contributed by atoms with E-state index in [9.17, 15) is 9.59 Å². The van der Waals surface area contributed by atoms with Gasteiger partial charge in [-0.2, -0.15) is 0 Å². The average Bonchev–Trinajstić information content (AvgIpc) is 3.37. The summed E-state index contributed by atoms with van der Waals surface area (Å²) in [5, 5.41) is 10.2. The van der Waals surface area contributed by atoms with Gasteiger partial charge in [-0.05, 0) is 25.6 Å². The topological polar surface area (TPSA) is 150 Å². The Kier molecular flexibility index (Phi) is 10.6. The van der Waals surface area contributed by atoms with Gasteiger partial charge < -0.3 is 19.6 Å². The maximum absolute atomic E-state index is 13.3. The van der Waals surface area contributed by atoms with E-state index in [4.69, 9.17) is 14.3 Å². The van der Waals surface area contributed by atoms with E-state index >= 15 is 0 Å². The third kappa shape index (κ3) is 8.09. The van der Waals surface area contributed by atoms with Crippen LogP contribution in [0.25, 0.3) is 10.3 Å². The highest BCUT2D eigenvalue weighted by molar-refractivity contribution is 7.22. The van der Waals surface area contributed by atoms with Gasteiger partial charge in [-0.3, -0.25) is 14.9 Å². The fraction of sp³-hybridized carbons (Fsp3) is 0.296. The summed E-state index contributed by atoms with van der Waals surface area (Å²) in [5.41, 5.74) is 1.61. The van der Waals surface area contributed by atoms with Crippen molar-refractivity contribution >= 4 is 44.2 Å². The predicted octanol–water partition coefficient (Wildman–Crippen LogP) is 3.25. The van der Waals surface area contributed by atoms with Gasteiger partial charge in [0.15, 0.2) is 29.1 Å². The number of hydrogen-bond donors (Lipinski definition) is 2. The number of ether oxygens (including phenoxy) is 2. The van der Waals surface area contributed by atoms with E-state index < -0.39 is 5.91 Å². The Labute approximate surface area is 234 Å². The lowest BCUT2D eigenvalue weighted by Crippen LogP contribution is -2.24. The Morgan fingerprint density at radius 2 is 1.77 bits per heavy atom. The molecule has 4 aromatic rings. The van der Waals surface area contributed by atoms with Crippen LogP contribution in [0.15, 0.2) is 60.0 Å². The van der Waals surface area contributed by atoms with E-state index in [2.05, 4.69) is 35.7 Å². The van der Waals surface area contributed by atoms with Crippen molar-refractivity contribution in [3.05, 3.63) is 71.8 Å². The van der Waals surface area contributed by atoms with Crippen molar-refractivity contribution in [2.45, 2.75) is 19.4 Å². The summed E-state index contributed by atoms with van der Waals surface area (Å²) >= 11 is 1.21. The molecule has 4 rings (SSSR count). The van der Waals surface area contributed by atoms with Crippen LogP contribution in [0.4, 0.5) is 5.13 Å². The average molecular weight is 564 g/mol. The first-order chi connectivity index (χ1) is 19.6. The molecule has 0 unspecified atom stereocenters. The van der Waals surface area contributed by atoms with Gasteiger partial charge in [0.25, 0.3) is 5.91 Å². The highest BCUT2D eigenvalue weighted by Crippen LogP contribution is 2.26. The predicted molar refractivity (Wildman–Crippen MR) is 151 cm³/mol. The number of aromatic nitrogens is 4. The number of benzene rings is 1. The van der Waals surface area contributed by atoms with E-state index in [0.29, 0.717) is 70.9 Å². The second kappa shape index (κ2) is 14.7. The second-order valence-electron chi connectivity index (χ2n) is 8.37. The number of oxime groups is 1. The van der Waals surface area contributed by atoms with Gasteiger partial charge in [0, 0.05) is 56.3 Å². The molecule has 0 saturated carbocycles. The maximum Gasteiger partial charge on any atom is 0.280 e. The Hall–Kier alpha value is -4.33. The molecule has 3 heterocycles. The molecule has 3 aromatic heterocycles. The normalized spacial score (nSPS) is 11.4. The molecule has 0 aliphatic rings. The molecule has 1 amide bonds. The first-order valence-electron chi connectivity index (χ1n) is 12.5. The summed E-state index contributed by atoms with van der Waals surface area (Å²) in [6, 6.07) is 11.8. The number of likely N-dealkylation sites (N-methyl/N-ethyl adjacent to an activating group) is 1. The number of nitrogens with zero attached hydrogens (tertiary/aromatic N) is 5. The molecular weight excluding hydrogens is 534 g/mol. The van der Waals surface area contributed by atoms with E-state index in [0.717, 1.165) is 0 Å². The van der Waals surface area contributed by atoms with Crippen molar-refractivity contribution in [3.8, 4) is 5.88 Å². The molecule has 0 fully saturated rings. The van der Waals surface area contributed by atoms with Crippen molar-refractivity contribution in [2.24, 2.45) is 5.16 Å². The van der Waals surface area contributed by atoms with Crippen molar-refractivity contribution in [1.29, 1.82) is 0 Å². The fourth-order valence-corrected chi connectivity index (χ4v) is 4.29. The number of carbonyl (C=O) groups is 2. The highest BCUT2D eigenvalue weighted by Gasteiger charge is 2.19. The van der Waals surface area contributed by atoms with Gasteiger partial charge in [-0.1, -0.05) is 40.8 Å². The number of thiazole rings is 1. The smallest absolute Gasteiger partial charge is 0.280 e. The van der Waals surface area contributed by atoms with Crippen LogP contribution < -0.4 is 15.4 Å². The zero-order valence-corrected chi connectivity index (χ0v) is 22.9. The Morgan fingerprint density at radius 1 is 1.00 bits per heavy atom. The molecule has 13 heteroatoms. The number of ketones is 1. The molecule has 0 bridgehead atoms. The number of rotatable bonds is 15. The Bertz CT molecular complexity index is 1440. The van der Waals surface area contributed by atoms with Crippen LogP contribution in [0, 0.1) is 0 Å². The fourth-order valence-electron chi connectivity index (χ4n) is 3.47. The van der Waals surface area contributed by atoms with Gasteiger partial charge in [0.1, 0.15) is 17.0 Å². The molecular formula is C27H29N7O5S. The first kappa shape index (κ1) is 28.7. The summed E-state index contributed by atoms with van der Waals surface area (Å²) in [5.74, 6) is 0.325. The van der Waals surface area contributed by atoms with Gasteiger partial charge >= 0.3 is 0 Å². The summed E-state index contributed by atoms with van der Waals surface area (Å²) in [6.45, 7) is 1.64. The third-order valence-corrected chi connectivity index (χ3v) is 6.35. The zero-order valence-electron chi connectivity index (χ0n) is 22.1. The molecule has 0 aliphatic carbocycles. The Morgan fingerprint density at radius 3 is 2.52 bits per heavy atom. The summed E-state index contributed by atoms with van der Waals surface area (Å²) in [4.78, 5) is 49.0. The minimum Gasteiger partial charge on any atom is -0.476 e. The van der Waals surface area contributed by atoms with E-state index in [1.54, 1.807) is 62.0 Å². The van der Waals surface area contributed by atoms with Crippen LogP contribution in [-0.4, -0.2) is 71.3 Å². The van der Waals surface area contributed by atoms with Crippen LogP contribution in [0.5, 0.6) is 5.88 Å². The van der Waals surface area contributed by atoms with Gasteiger partial charge in [0.05, 0.1) is 0 Å². The number of hydrogen-bond acceptors (Lipinski definition) is 12. The number of nitrogens with one attached hydrogen (secondary N) is 2. The van der Waals surface area contributed by atoms with Gasteiger partial charge in [0.2, 0.25) is 5.88 Å². The standard InChI is InChI=1S/C27H29N7O5S/c1-28-14-16-38-23-11-10-20-26(32-23)40-27(31-20)33-25(36)24(34-39-17-22-29-12-4-13-30-22)19-8-6-18(7-9-19)21(35)5-3-15-37-2/h4,6-13,28H,3,5,14-17H2,1-2H3,(H,31,33,36)/b34-24+. The molecule has 0 atom stereocenters. The van der Waals surface area contributed by atoms with Crippen LogP contribution in [0.2, 0.25) is 0 Å². The lowest BCUT2D eigenvalue weighted by Gasteiger charge is -2.08. The van der Waals surface area contributed by atoms with Crippen molar-refractivity contribution in [1.82, 2.24) is 25.3 Å². The maximum atomic E-state index is 13.3. The molecule has 12 nitrogen and oxygen atoms in total. The van der Waals surface area contributed by atoms with E-state index in [1.165, 1.54) is 11.3 Å². The zero-order chi connectivity index (χ0) is 28.2. The number of pyridine rings is 1. The molecule has 2 N–H and O–H groups in total. The number of Topliss-reactive ketones (excluding diaryl/α,β-unsaturated/α-hetero) is 1. The van der Waals surface area contributed by atoms with Crippen molar-refractivity contribution in [3.63, 3.8) is 0 Å². The summed E-state index contributed by atoms with van der Waals surface area (Å²) < 4.78 is 10.6. The lowest BCUT2D eigenvalue weighted by molar-refractivity contribution is -0.110. The number of anilines is 1. The molecule has 40 heavy (non-hydrogen) atoms. The van der Waals surface area contributed by atoms with Crippen LogP contribution in [0.1, 0.15) is 34.6 Å². The van der Waals surface area contributed by atoms with E-state index in [1.807, 2.05) is 7.05 Å². The van der Waals surface area contributed by atoms with Gasteiger partial charge in [-0.15, -0.1) is 0 Å². The number of amides is 1. The number of carbonyl (C=O) groups excluding carboxylic acids is 2. The third-order valence-electron chi connectivity index (χ3n) is 5.47. The molecule has 208 valence electrons. The SMILES string of the molecule is CNCCOc1ccc2nc(NC(=O)/C(=N/OCc3ncccn3)c3ccc(C(=O)CCCOC)cc3)sc2n1. The second-order valence-corrected chi connectivity index (χ2v) is 9.35. The first-order valence-corrected chi connectivity index (χ1v) is 13.3. The number of methoxy groups -OCH3 is 1. The minimum absolute atomic E-state index is 0.00221. The number of fused-ring (bicyclic) bond motifs is 1. The minimum atomic E-state index is -0.544. The summed E-state index contributed by atoms with van der Waals surface area (Å²) in [7, 11) is 3.44. The Balaban J connectivity index is 1.51. The lowest BCUT2D eigenvalue weighted by atomic mass is 10.0. The summed E-state index contributed by atoms with van der Waals surface area (Å²) in [6.07, 6.45) is 4.16. The largest absolute Gasteiger partial charge is 0.476 e. The van der Waals surface area contributed by atoms with Crippen molar-refractivity contribution < 1.29 is 23.9 Å². The quantitative estimate of drug-likeness (QED) is 0.0955. The monoisotopic (exact) mass is 563 g/mol. The van der Waals surface area contributed by atoms with Crippen molar-refractivity contribution in [2.75, 3.05) is 39.2 Å². The molecule has 0 saturated heterocycles. The van der Waals surface area contributed by atoms with Crippen LogP contribution in [0.3, 0.4) is 0 Å². The molecule has 0 aliphatic heterocycles. The van der Waals surface area contributed by atoms with E-state index in [-0.39, 0.29) is 18.1 Å². The van der Waals surface area contributed by atoms with Crippen LogP contribution in [-0.2, 0) is 21.0 Å².